The zero-order valence-electron chi connectivity index (χ0n) is 18.0. The summed E-state index contributed by atoms with van der Waals surface area (Å²) < 4.78 is 8.32. The van der Waals surface area contributed by atoms with Crippen LogP contribution >= 0.6 is 23.1 Å². The molecule has 166 valence electrons. The van der Waals surface area contributed by atoms with Gasteiger partial charge in [-0.15, -0.1) is 11.8 Å². The van der Waals surface area contributed by atoms with Crippen molar-refractivity contribution in [3.8, 4) is 0 Å². The first kappa shape index (κ1) is 21.6. The summed E-state index contributed by atoms with van der Waals surface area (Å²) in [5.41, 5.74) is 3.49. The van der Waals surface area contributed by atoms with Crippen LogP contribution in [0, 0.1) is 0 Å². The number of anilines is 1. The van der Waals surface area contributed by atoms with E-state index in [-0.39, 0.29) is 5.91 Å². The Hall–Kier alpha value is -3.20. The third kappa shape index (κ3) is 4.78. The maximum atomic E-state index is 13.3. The van der Waals surface area contributed by atoms with Gasteiger partial charge in [0.05, 0.1) is 29.1 Å². The van der Waals surface area contributed by atoms with Crippen LogP contribution in [-0.2, 0) is 10.5 Å². The lowest BCUT2D eigenvalue weighted by molar-refractivity contribution is 0.0976. The second kappa shape index (κ2) is 9.74. The number of amides is 1. The van der Waals surface area contributed by atoms with Gasteiger partial charge in [0, 0.05) is 35.7 Å². The summed E-state index contributed by atoms with van der Waals surface area (Å²) in [7, 11) is 1.64. The van der Waals surface area contributed by atoms with Crippen molar-refractivity contribution in [1.29, 1.82) is 0 Å². The van der Waals surface area contributed by atoms with Crippen molar-refractivity contribution in [2.45, 2.75) is 10.6 Å². The van der Waals surface area contributed by atoms with E-state index in [0.29, 0.717) is 23.8 Å². The van der Waals surface area contributed by atoms with Crippen molar-refractivity contribution in [3.05, 3.63) is 90.4 Å². The van der Waals surface area contributed by atoms with Gasteiger partial charge in [0.15, 0.2) is 5.13 Å². The molecule has 0 aliphatic carbocycles. The number of imidazole rings is 1. The van der Waals surface area contributed by atoms with E-state index in [4.69, 9.17) is 4.74 Å². The lowest BCUT2D eigenvalue weighted by Crippen LogP contribution is -2.33. The van der Waals surface area contributed by atoms with Crippen LogP contribution in [0.3, 0.4) is 0 Å². The quantitative estimate of drug-likeness (QED) is 0.277. The fourth-order valence-corrected chi connectivity index (χ4v) is 5.28. The zero-order valence-corrected chi connectivity index (χ0v) is 19.7. The Kier molecular flexibility index (Phi) is 6.39. The molecule has 0 saturated heterocycles. The predicted octanol–water partition coefficient (Wildman–Crippen LogP) is 5.53. The fourth-order valence-electron chi connectivity index (χ4n) is 3.51. The van der Waals surface area contributed by atoms with E-state index >= 15 is 0 Å². The molecule has 0 saturated carbocycles. The number of hydrogen-bond donors (Lipinski definition) is 0. The van der Waals surface area contributed by atoms with E-state index in [9.17, 15) is 4.79 Å². The molecule has 0 N–H and O–H groups in total. The van der Waals surface area contributed by atoms with Crippen LogP contribution in [-0.4, -0.2) is 40.5 Å². The molecule has 0 aliphatic rings. The highest BCUT2D eigenvalue weighted by Crippen LogP contribution is 2.30. The Morgan fingerprint density at radius 1 is 1.06 bits per heavy atom. The molecule has 0 unspecified atom stereocenters. The topological polar surface area (TPSA) is 59.7 Å². The Balaban J connectivity index is 1.31. The van der Waals surface area contributed by atoms with Crippen LogP contribution in [0.1, 0.15) is 16.1 Å². The summed E-state index contributed by atoms with van der Waals surface area (Å²) >= 11 is 3.21. The van der Waals surface area contributed by atoms with Crippen molar-refractivity contribution in [3.63, 3.8) is 0 Å². The third-order valence-corrected chi connectivity index (χ3v) is 7.28. The number of rotatable bonds is 8. The SMILES string of the molecule is COCCN(C(=O)c1ccc(SCc2cn3ccccc3n2)cc1)c1nc2ccccc2s1. The number of thioether (sulfide) groups is 1. The van der Waals surface area contributed by atoms with Crippen molar-refractivity contribution in [1.82, 2.24) is 14.4 Å². The van der Waals surface area contributed by atoms with Crippen LogP contribution in [0.15, 0.2) is 84.0 Å². The van der Waals surface area contributed by atoms with Gasteiger partial charge in [-0.05, 0) is 48.5 Å². The number of carbonyl (C=O) groups excluding carboxylic acids is 1. The molecule has 3 aromatic heterocycles. The number of carbonyl (C=O) groups is 1. The van der Waals surface area contributed by atoms with Crippen molar-refractivity contribution in [2.75, 3.05) is 25.2 Å². The van der Waals surface area contributed by atoms with E-state index < -0.39 is 0 Å². The maximum Gasteiger partial charge on any atom is 0.260 e. The average molecular weight is 475 g/mol. The normalized spacial score (nSPS) is 11.3. The molecule has 8 heteroatoms. The second-order valence-electron chi connectivity index (χ2n) is 7.43. The standard InChI is InChI=1S/C25H22N4O2S2/c1-31-15-14-29(25-27-21-6-2-3-7-22(21)33-25)24(30)18-9-11-20(12-10-18)32-17-19-16-28-13-5-4-8-23(28)26-19/h2-13,16H,14-15,17H2,1H3. The largest absolute Gasteiger partial charge is 0.383 e. The summed E-state index contributed by atoms with van der Waals surface area (Å²) in [6.07, 6.45) is 4.05. The zero-order chi connectivity index (χ0) is 22.6. The van der Waals surface area contributed by atoms with Crippen LogP contribution < -0.4 is 4.90 Å². The smallest absolute Gasteiger partial charge is 0.260 e. The van der Waals surface area contributed by atoms with Gasteiger partial charge >= 0.3 is 0 Å². The number of pyridine rings is 1. The van der Waals surface area contributed by atoms with Crippen LogP contribution in [0.4, 0.5) is 5.13 Å². The molecule has 33 heavy (non-hydrogen) atoms. The van der Waals surface area contributed by atoms with Gasteiger partial charge in [-0.2, -0.15) is 0 Å². The average Bonchev–Trinajstić information content (AvgIpc) is 3.47. The molecule has 5 aromatic rings. The molecule has 0 fully saturated rings. The summed E-state index contributed by atoms with van der Waals surface area (Å²) in [6.45, 7) is 0.883. The molecule has 6 nitrogen and oxygen atoms in total. The van der Waals surface area contributed by atoms with Gasteiger partial charge in [0.25, 0.3) is 5.91 Å². The van der Waals surface area contributed by atoms with E-state index in [1.807, 2.05) is 83.5 Å². The highest BCUT2D eigenvalue weighted by Gasteiger charge is 2.21. The van der Waals surface area contributed by atoms with Crippen LogP contribution in [0.2, 0.25) is 0 Å². The number of ether oxygens (including phenoxy) is 1. The first-order valence-electron chi connectivity index (χ1n) is 10.5. The third-order valence-electron chi connectivity index (χ3n) is 5.18. The van der Waals surface area contributed by atoms with Crippen molar-refractivity contribution >= 4 is 50.0 Å². The number of thiazole rings is 1. The molecule has 0 aliphatic heterocycles. The molecule has 5 rings (SSSR count). The summed E-state index contributed by atoms with van der Waals surface area (Å²) in [6, 6.07) is 21.6. The summed E-state index contributed by atoms with van der Waals surface area (Å²) in [5.74, 6) is 0.684. The Morgan fingerprint density at radius 3 is 2.67 bits per heavy atom. The van der Waals surface area contributed by atoms with Crippen molar-refractivity contribution in [2.24, 2.45) is 0 Å². The fraction of sp³-hybridized carbons (Fsp3) is 0.160. The Bertz CT molecular complexity index is 1330. The maximum absolute atomic E-state index is 13.3. The second-order valence-corrected chi connectivity index (χ2v) is 9.48. The molecule has 1 amide bonds. The molecule has 0 radical (unpaired) electrons. The monoisotopic (exact) mass is 474 g/mol. The van der Waals surface area contributed by atoms with Crippen molar-refractivity contribution < 1.29 is 9.53 Å². The number of nitrogens with zero attached hydrogens (tertiary/aromatic N) is 4. The van der Waals surface area contributed by atoms with E-state index in [1.165, 1.54) is 11.3 Å². The lowest BCUT2D eigenvalue weighted by atomic mass is 10.2. The number of fused-ring (bicyclic) bond motifs is 2. The molecule has 0 spiro atoms. The molecule has 2 aromatic carbocycles. The number of hydrogen-bond acceptors (Lipinski definition) is 6. The molecule has 0 atom stereocenters. The van der Waals surface area contributed by atoms with Gasteiger partial charge in [-0.1, -0.05) is 29.5 Å². The van der Waals surface area contributed by atoms with Gasteiger partial charge < -0.3 is 9.14 Å². The van der Waals surface area contributed by atoms with E-state index in [2.05, 4.69) is 9.97 Å². The molecular formula is C25H22N4O2S2. The molecule has 0 bridgehead atoms. The minimum atomic E-state index is -0.0805. The highest BCUT2D eigenvalue weighted by atomic mass is 32.2. The van der Waals surface area contributed by atoms with Crippen LogP contribution in [0.5, 0.6) is 0 Å². The number of para-hydroxylation sites is 1. The minimum absolute atomic E-state index is 0.0805. The summed E-state index contributed by atoms with van der Waals surface area (Å²) in [4.78, 5) is 25.4. The first-order chi connectivity index (χ1) is 16.2. The highest BCUT2D eigenvalue weighted by molar-refractivity contribution is 7.98. The molecule has 3 heterocycles. The number of methoxy groups -OCH3 is 1. The molecular weight excluding hydrogens is 452 g/mol. The van der Waals surface area contributed by atoms with Gasteiger partial charge in [0.2, 0.25) is 0 Å². The van der Waals surface area contributed by atoms with E-state index in [0.717, 1.165) is 32.2 Å². The summed E-state index contributed by atoms with van der Waals surface area (Å²) in [5, 5.41) is 0.684. The van der Waals surface area contributed by atoms with E-state index in [1.54, 1.807) is 23.8 Å². The Morgan fingerprint density at radius 2 is 1.88 bits per heavy atom. The van der Waals surface area contributed by atoms with Gasteiger partial charge in [-0.25, -0.2) is 9.97 Å². The first-order valence-corrected chi connectivity index (χ1v) is 12.3. The Labute approximate surface area is 199 Å². The van der Waals surface area contributed by atoms with Gasteiger partial charge in [-0.3, -0.25) is 9.69 Å². The predicted molar refractivity (Wildman–Crippen MR) is 134 cm³/mol. The lowest BCUT2D eigenvalue weighted by Gasteiger charge is -2.19. The van der Waals surface area contributed by atoms with Crippen LogP contribution in [0.25, 0.3) is 15.9 Å². The number of aromatic nitrogens is 3. The number of benzene rings is 2. The minimum Gasteiger partial charge on any atom is -0.383 e. The van der Waals surface area contributed by atoms with Gasteiger partial charge in [0.1, 0.15) is 5.65 Å².